The second-order valence-corrected chi connectivity index (χ2v) is 5.27. The number of aromatic nitrogens is 2. The number of rotatable bonds is 3. The zero-order valence-corrected chi connectivity index (χ0v) is 9.49. The predicted octanol–water partition coefficient (Wildman–Crippen LogP) is 1.83. The largest absolute Gasteiger partial charge is 0.479 e. The molecule has 0 aliphatic carbocycles. The molecule has 1 aromatic heterocycles. The second-order valence-electron chi connectivity index (χ2n) is 2.05. The van der Waals surface area contributed by atoms with Gasteiger partial charge in [0, 0.05) is 0 Å². The third-order valence-corrected chi connectivity index (χ3v) is 2.80. The van der Waals surface area contributed by atoms with E-state index in [4.69, 9.17) is 44.6 Å². The molecule has 1 aromatic rings. The molecule has 0 amide bonds. The summed E-state index contributed by atoms with van der Waals surface area (Å²) >= 11 is 17.4. The van der Waals surface area contributed by atoms with Gasteiger partial charge in [-0.05, 0) is 0 Å². The van der Waals surface area contributed by atoms with Gasteiger partial charge in [-0.15, -0.1) is 5.10 Å². The number of hydrogen-bond acceptors (Lipinski definition) is 5. The minimum absolute atomic E-state index is 0.0497. The van der Waals surface area contributed by atoms with Crippen molar-refractivity contribution in [2.45, 2.75) is 3.79 Å². The van der Waals surface area contributed by atoms with Gasteiger partial charge in [0.05, 0.1) is 0 Å². The lowest BCUT2D eigenvalue weighted by Crippen LogP contribution is -2.09. The van der Waals surface area contributed by atoms with E-state index in [1.54, 1.807) is 0 Å². The van der Waals surface area contributed by atoms with Gasteiger partial charge in [-0.2, -0.15) is 0 Å². The van der Waals surface area contributed by atoms with Crippen LogP contribution in [0.4, 0.5) is 0 Å². The minimum Gasteiger partial charge on any atom is -0.479 e. The summed E-state index contributed by atoms with van der Waals surface area (Å²) in [5.74, 6) is -1.12. The molecule has 1 rings (SSSR count). The first-order valence-electron chi connectivity index (χ1n) is 3.15. The Morgan fingerprint density at radius 1 is 1.50 bits per heavy atom. The number of carboxylic acids is 1. The van der Waals surface area contributed by atoms with E-state index in [0.29, 0.717) is 0 Å². The van der Waals surface area contributed by atoms with E-state index in [0.717, 1.165) is 11.3 Å². The van der Waals surface area contributed by atoms with Gasteiger partial charge in [0.15, 0.2) is 11.6 Å². The van der Waals surface area contributed by atoms with Crippen molar-refractivity contribution >= 4 is 52.1 Å². The van der Waals surface area contributed by atoms with Crippen LogP contribution in [0.1, 0.15) is 5.01 Å². The standard InChI is InChI=1S/C5H3Cl3N2O3S/c6-5(7,8)3-9-10-4(14-3)13-1-2(11)12/h1H2,(H,11,12). The van der Waals surface area contributed by atoms with E-state index in [1.807, 2.05) is 0 Å². The van der Waals surface area contributed by atoms with Gasteiger partial charge in [0.25, 0.3) is 5.19 Å². The number of carbonyl (C=O) groups is 1. The molecule has 5 nitrogen and oxygen atoms in total. The molecule has 0 aromatic carbocycles. The number of nitrogens with zero attached hydrogens (tertiary/aromatic N) is 2. The van der Waals surface area contributed by atoms with Crippen LogP contribution < -0.4 is 4.74 Å². The zero-order chi connectivity index (χ0) is 10.8. The predicted molar refractivity (Wildman–Crippen MR) is 52.3 cm³/mol. The van der Waals surface area contributed by atoms with Gasteiger partial charge < -0.3 is 9.84 Å². The molecular weight excluding hydrogens is 274 g/mol. The number of aliphatic carboxylic acids is 1. The van der Waals surface area contributed by atoms with E-state index < -0.39 is 16.4 Å². The number of hydrogen-bond donors (Lipinski definition) is 1. The first-order chi connectivity index (χ1) is 6.39. The van der Waals surface area contributed by atoms with E-state index >= 15 is 0 Å². The van der Waals surface area contributed by atoms with Gasteiger partial charge in [-0.3, -0.25) is 0 Å². The third-order valence-electron chi connectivity index (χ3n) is 0.968. The average molecular weight is 278 g/mol. The number of halogens is 3. The quantitative estimate of drug-likeness (QED) is 0.853. The van der Waals surface area contributed by atoms with Gasteiger partial charge in [0.2, 0.25) is 3.79 Å². The molecule has 0 radical (unpaired) electrons. The Balaban J connectivity index is 2.64. The molecule has 9 heteroatoms. The van der Waals surface area contributed by atoms with Gasteiger partial charge >= 0.3 is 5.97 Å². The van der Waals surface area contributed by atoms with Crippen LogP contribution >= 0.6 is 46.1 Å². The Morgan fingerprint density at radius 3 is 2.57 bits per heavy atom. The number of ether oxygens (including phenoxy) is 1. The van der Waals surface area contributed by atoms with Crippen molar-refractivity contribution in [1.82, 2.24) is 10.2 Å². The molecule has 0 unspecified atom stereocenters. The highest BCUT2D eigenvalue weighted by Crippen LogP contribution is 2.40. The molecule has 0 saturated carbocycles. The maximum absolute atomic E-state index is 10.1. The molecule has 1 N–H and O–H groups in total. The Morgan fingerprint density at radius 2 is 2.14 bits per heavy atom. The maximum atomic E-state index is 10.1. The van der Waals surface area contributed by atoms with E-state index in [2.05, 4.69) is 10.2 Å². The zero-order valence-electron chi connectivity index (χ0n) is 6.41. The molecule has 0 aliphatic heterocycles. The van der Waals surface area contributed by atoms with Crippen LogP contribution in [0.25, 0.3) is 0 Å². The first-order valence-corrected chi connectivity index (χ1v) is 5.10. The molecule has 1 heterocycles. The van der Waals surface area contributed by atoms with Crippen molar-refractivity contribution in [3.63, 3.8) is 0 Å². The molecular formula is C5H3Cl3N2O3S. The van der Waals surface area contributed by atoms with Gasteiger partial charge in [-0.25, -0.2) is 4.79 Å². The highest BCUT2D eigenvalue weighted by molar-refractivity contribution is 7.14. The smallest absolute Gasteiger partial charge is 0.341 e. The second kappa shape index (κ2) is 4.48. The summed E-state index contributed by atoms with van der Waals surface area (Å²) in [6, 6.07) is 0. The monoisotopic (exact) mass is 276 g/mol. The van der Waals surface area contributed by atoms with Crippen LogP contribution in [0, 0.1) is 0 Å². The molecule has 0 saturated heterocycles. The number of alkyl halides is 3. The maximum Gasteiger partial charge on any atom is 0.341 e. The fourth-order valence-corrected chi connectivity index (χ4v) is 1.53. The first kappa shape index (κ1) is 11.8. The van der Waals surface area contributed by atoms with Crippen LogP contribution in [0.2, 0.25) is 0 Å². The van der Waals surface area contributed by atoms with E-state index in [1.165, 1.54) is 0 Å². The molecule has 0 spiro atoms. The van der Waals surface area contributed by atoms with E-state index in [9.17, 15) is 4.79 Å². The summed E-state index contributed by atoms with van der Waals surface area (Å²) in [4.78, 5) is 10.1. The van der Waals surface area contributed by atoms with Crippen molar-refractivity contribution in [3.8, 4) is 5.19 Å². The summed E-state index contributed by atoms with van der Waals surface area (Å²) in [6.45, 7) is -0.505. The normalized spacial score (nSPS) is 11.4. The Bertz CT molecular complexity index is 337. The Hall–Kier alpha value is -0.300. The van der Waals surface area contributed by atoms with Crippen LogP contribution in [-0.4, -0.2) is 27.9 Å². The summed E-state index contributed by atoms with van der Waals surface area (Å²) in [5.41, 5.74) is 0. The van der Waals surface area contributed by atoms with Crippen molar-refractivity contribution in [2.24, 2.45) is 0 Å². The van der Waals surface area contributed by atoms with Crippen molar-refractivity contribution in [2.75, 3.05) is 6.61 Å². The molecule has 0 bridgehead atoms. The van der Waals surface area contributed by atoms with Crippen molar-refractivity contribution in [1.29, 1.82) is 0 Å². The average Bonchev–Trinajstić information content (AvgIpc) is 2.47. The summed E-state index contributed by atoms with van der Waals surface area (Å²) in [5, 5.41) is 15.5. The molecule has 0 aliphatic rings. The molecule has 0 atom stereocenters. The SMILES string of the molecule is O=C(O)COc1nnc(C(Cl)(Cl)Cl)s1. The van der Waals surface area contributed by atoms with Crippen LogP contribution in [-0.2, 0) is 8.59 Å². The lowest BCUT2D eigenvalue weighted by molar-refractivity contribution is -0.139. The van der Waals surface area contributed by atoms with Crippen LogP contribution in [0.3, 0.4) is 0 Å². The third kappa shape index (κ3) is 3.45. The highest BCUT2D eigenvalue weighted by atomic mass is 35.6. The Kier molecular flexibility index (Phi) is 3.77. The fourth-order valence-electron chi connectivity index (χ4n) is 0.506. The van der Waals surface area contributed by atoms with Gasteiger partial charge in [-0.1, -0.05) is 51.2 Å². The fraction of sp³-hybridized carbons (Fsp3) is 0.400. The lowest BCUT2D eigenvalue weighted by atomic mass is 10.8. The lowest BCUT2D eigenvalue weighted by Gasteiger charge is -2.02. The van der Waals surface area contributed by atoms with Crippen LogP contribution in [0.5, 0.6) is 5.19 Å². The van der Waals surface area contributed by atoms with Crippen LogP contribution in [0.15, 0.2) is 0 Å². The molecule has 14 heavy (non-hydrogen) atoms. The topological polar surface area (TPSA) is 72.3 Å². The summed E-state index contributed by atoms with van der Waals surface area (Å²) < 4.78 is 3.05. The molecule has 78 valence electrons. The van der Waals surface area contributed by atoms with Crippen molar-refractivity contribution < 1.29 is 14.6 Å². The summed E-state index contributed by atoms with van der Waals surface area (Å²) in [6.07, 6.45) is 0. The minimum atomic E-state index is -1.66. The Labute approximate surface area is 97.6 Å². The summed E-state index contributed by atoms with van der Waals surface area (Å²) in [7, 11) is 0. The molecule has 0 fully saturated rings. The van der Waals surface area contributed by atoms with Crippen molar-refractivity contribution in [3.05, 3.63) is 5.01 Å². The van der Waals surface area contributed by atoms with E-state index in [-0.39, 0.29) is 10.2 Å². The van der Waals surface area contributed by atoms with Gasteiger partial charge in [0.1, 0.15) is 0 Å². The highest BCUT2D eigenvalue weighted by Gasteiger charge is 2.28. The number of carboxylic acid groups (broad SMARTS) is 1.